The van der Waals surface area contributed by atoms with E-state index >= 15 is 0 Å². The molecule has 0 radical (unpaired) electrons. The summed E-state index contributed by atoms with van der Waals surface area (Å²) in [7, 11) is 0. The number of fused-ring (bicyclic) bond motifs is 2. The minimum Gasteiger partial charge on any atom is -0.348 e. The Morgan fingerprint density at radius 1 is 1.20 bits per heavy atom. The molecule has 1 amide bonds. The van der Waals surface area contributed by atoms with Crippen LogP contribution in [0.4, 0.5) is 0 Å². The average molecular weight is 333 g/mol. The summed E-state index contributed by atoms with van der Waals surface area (Å²) in [6.07, 6.45) is 1.76. The maximum atomic E-state index is 12.5. The fourth-order valence-corrected chi connectivity index (χ4v) is 3.22. The Labute approximate surface area is 145 Å². The summed E-state index contributed by atoms with van der Waals surface area (Å²) in [5.74, 6) is 0.652. The maximum Gasteiger partial charge on any atom is 0.261 e. The van der Waals surface area contributed by atoms with E-state index in [9.17, 15) is 9.59 Å². The van der Waals surface area contributed by atoms with Gasteiger partial charge >= 0.3 is 0 Å². The molecule has 0 spiro atoms. The van der Waals surface area contributed by atoms with Crippen LogP contribution in [0.5, 0.6) is 0 Å². The molecule has 0 bridgehead atoms. The van der Waals surface area contributed by atoms with Gasteiger partial charge < -0.3 is 5.32 Å². The maximum absolute atomic E-state index is 12.5. The van der Waals surface area contributed by atoms with Gasteiger partial charge in [0.2, 0.25) is 0 Å². The highest BCUT2D eigenvalue weighted by atomic mass is 16.1. The lowest BCUT2D eigenvalue weighted by Crippen LogP contribution is -2.24. The molecule has 1 aliphatic heterocycles. The van der Waals surface area contributed by atoms with Crippen LogP contribution < -0.4 is 10.9 Å². The standard InChI is InChI=1S/C20H19N3O2/c1-13-4-6-14(7-5-13)12-21-19(24)15-8-9-16-17(11-15)22-18-3-2-10-23(18)20(16)25/h4-9,11H,2-3,10,12H2,1H3,(H,21,24). The Balaban J connectivity index is 1.58. The topological polar surface area (TPSA) is 64.0 Å². The zero-order valence-electron chi connectivity index (χ0n) is 14.1. The van der Waals surface area contributed by atoms with Crippen LogP contribution in [0.25, 0.3) is 10.9 Å². The lowest BCUT2D eigenvalue weighted by molar-refractivity contribution is 0.0951. The highest BCUT2D eigenvalue weighted by Crippen LogP contribution is 2.16. The van der Waals surface area contributed by atoms with Crippen molar-refractivity contribution in [3.63, 3.8) is 0 Å². The van der Waals surface area contributed by atoms with Gasteiger partial charge in [0, 0.05) is 25.1 Å². The molecule has 0 atom stereocenters. The van der Waals surface area contributed by atoms with Crippen LogP contribution in [0.3, 0.4) is 0 Å². The summed E-state index contributed by atoms with van der Waals surface area (Å²) >= 11 is 0. The number of rotatable bonds is 3. The van der Waals surface area contributed by atoms with E-state index < -0.39 is 0 Å². The Hall–Kier alpha value is -2.95. The highest BCUT2D eigenvalue weighted by molar-refractivity contribution is 5.97. The van der Waals surface area contributed by atoms with Crippen LogP contribution in [0.1, 0.15) is 33.7 Å². The van der Waals surface area contributed by atoms with E-state index in [0.29, 0.717) is 23.0 Å². The van der Waals surface area contributed by atoms with Gasteiger partial charge in [-0.1, -0.05) is 29.8 Å². The van der Waals surface area contributed by atoms with Crippen molar-refractivity contribution in [1.82, 2.24) is 14.9 Å². The molecule has 0 saturated carbocycles. The molecule has 1 N–H and O–H groups in total. The lowest BCUT2D eigenvalue weighted by atomic mass is 10.1. The minimum atomic E-state index is -0.162. The molecule has 25 heavy (non-hydrogen) atoms. The summed E-state index contributed by atoms with van der Waals surface area (Å²) in [4.78, 5) is 29.5. The molecule has 0 aliphatic carbocycles. The highest BCUT2D eigenvalue weighted by Gasteiger charge is 2.17. The third-order valence-electron chi connectivity index (χ3n) is 4.65. The fourth-order valence-electron chi connectivity index (χ4n) is 3.22. The predicted octanol–water partition coefficient (Wildman–Crippen LogP) is 2.58. The van der Waals surface area contributed by atoms with Crippen molar-refractivity contribution in [3.8, 4) is 0 Å². The Kier molecular flexibility index (Phi) is 3.84. The smallest absolute Gasteiger partial charge is 0.261 e. The van der Waals surface area contributed by atoms with Gasteiger partial charge in [0.25, 0.3) is 11.5 Å². The molecule has 5 nitrogen and oxygen atoms in total. The first kappa shape index (κ1) is 15.6. The number of carbonyl (C=O) groups is 1. The molecule has 2 heterocycles. The summed E-state index contributed by atoms with van der Waals surface area (Å²) in [6, 6.07) is 13.2. The number of benzene rings is 2. The van der Waals surface area contributed by atoms with Crippen molar-refractivity contribution >= 4 is 16.8 Å². The van der Waals surface area contributed by atoms with Gasteiger partial charge in [0.1, 0.15) is 5.82 Å². The van der Waals surface area contributed by atoms with Gasteiger partial charge in [-0.15, -0.1) is 0 Å². The number of amides is 1. The average Bonchev–Trinajstić information content (AvgIpc) is 3.09. The number of hydrogen-bond acceptors (Lipinski definition) is 3. The summed E-state index contributed by atoms with van der Waals surface area (Å²) < 4.78 is 1.74. The predicted molar refractivity (Wildman–Crippen MR) is 96.7 cm³/mol. The van der Waals surface area contributed by atoms with Crippen LogP contribution in [0.15, 0.2) is 47.3 Å². The first-order valence-corrected chi connectivity index (χ1v) is 8.49. The van der Waals surface area contributed by atoms with Crippen LogP contribution in [0, 0.1) is 6.92 Å². The van der Waals surface area contributed by atoms with Gasteiger partial charge in [0.05, 0.1) is 10.9 Å². The number of aryl methyl sites for hydroxylation is 2. The summed E-state index contributed by atoms with van der Waals surface area (Å²) in [6.45, 7) is 3.23. The molecule has 0 fully saturated rings. The van der Waals surface area contributed by atoms with E-state index in [0.717, 1.165) is 30.8 Å². The van der Waals surface area contributed by atoms with E-state index in [1.807, 2.05) is 31.2 Å². The van der Waals surface area contributed by atoms with E-state index in [1.165, 1.54) is 5.56 Å². The summed E-state index contributed by atoms with van der Waals surface area (Å²) in [5, 5.41) is 3.49. The van der Waals surface area contributed by atoms with Gasteiger partial charge in [0.15, 0.2) is 0 Å². The molecule has 5 heteroatoms. The Bertz CT molecular complexity index is 1020. The largest absolute Gasteiger partial charge is 0.348 e. The van der Waals surface area contributed by atoms with Gasteiger partial charge in [-0.3, -0.25) is 14.2 Å². The zero-order chi connectivity index (χ0) is 17.4. The number of nitrogens with one attached hydrogen (secondary N) is 1. The van der Waals surface area contributed by atoms with Crippen molar-refractivity contribution in [3.05, 3.63) is 75.3 Å². The molecule has 4 rings (SSSR count). The second kappa shape index (κ2) is 6.16. The number of nitrogens with zero attached hydrogens (tertiary/aromatic N) is 2. The van der Waals surface area contributed by atoms with Crippen LogP contribution in [-0.4, -0.2) is 15.5 Å². The molecule has 3 aromatic rings. The van der Waals surface area contributed by atoms with Gasteiger partial charge in [-0.2, -0.15) is 0 Å². The molecule has 0 saturated heterocycles. The van der Waals surface area contributed by atoms with Crippen LogP contribution in [0.2, 0.25) is 0 Å². The first-order valence-electron chi connectivity index (χ1n) is 8.49. The van der Waals surface area contributed by atoms with Crippen molar-refractivity contribution < 1.29 is 4.79 Å². The van der Waals surface area contributed by atoms with E-state index in [2.05, 4.69) is 10.3 Å². The second-order valence-corrected chi connectivity index (χ2v) is 6.49. The van der Waals surface area contributed by atoms with E-state index in [4.69, 9.17) is 0 Å². The Morgan fingerprint density at radius 2 is 2.00 bits per heavy atom. The second-order valence-electron chi connectivity index (χ2n) is 6.49. The molecule has 126 valence electrons. The lowest BCUT2D eigenvalue weighted by Gasteiger charge is -2.08. The van der Waals surface area contributed by atoms with Crippen molar-refractivity contribution in [2.45, 2.75) is 32.9 Å². The molecular weight excluding hydrogens is 314 g/mol. The monoisotopic (exact) mass is 333 g/mol. The SMILES string of the molecule is Cc1ccc(CNC(=O)c2ccc3c(=O)n4c(nc3c2)CCC4)cc1. The number of carbonyl (C=O) groups excluding carboxylic acids is 1. The minimum absolute atomic E-state index is 0.0101. The van der Waals surface area contributed by atoms with Crippen molar-refractivity contribution in [1.29, 1.82) is 0 Å². The fraction of sp³-hybridized carbons (Fsp3) is 0.250. The quantitative estimate of drug-likeness (QED) is 0.801. The van der Waals surface area contributed by atoms with Gasteiger partial charge in [-0.25, -0.2) is 4.98 Å². The first-order chi connectivity index (χ1) is 12.1. The third-order valence-corrected chi connectivity index (χ3v) is 4.65. The molecule has 1 aromatic heterocycles. The number of hydrogen-bond donors (Lipinski definition) is 1. The molecular formula is C20H19N3O2. The van der Waals surface area contributed by atoms with E-state index in [-0.39, 0.29) is 11.5 Å². The molecule has 1 aliphatic rings. The van der Waals surface area contributed by atoms with Crippen LogP contribution >= 0.6 is 0 Å². The third kappa shape index (κ3) is 2.93. The zero-order valence-corrected chi connectivity index (χ0v) is 14.1. The molecule has 2 aromatic carbocycles. The van der Waals surface area contributed by atoms with Crippen molar-refractivity contribution in [2.75, 3.05) is 0 Å². The van der Waals surface area contributed by atoms with E-state index in [1.54, 1.807) is 22.8 Å². The summed E-state index contributed by atoms with van der Waals surface area (Å²) in [5.41, 5.74) is 3.35. The van der Waals surface area contributed by atoms with Crippen molar-refractivity contribution in [2.24, 2.45) is 0 Å². The Morgan fingerprint density at radius 3 is 2.80 bits per heavy atom. The van der Waals surface area contributed by atoms with Gasteiger partial charge in [-0.05, 0) is 37.1 Å². The molecule has 0 unspecified atom stereocenters. The number of aromatic nitrogens is 2. The van der Waals surface area contributed by atoms with Crippen LogP contribution in [-0.2, 0) is 19.5 Å². The normalized spacial score (nSPS) is 13.0.